The van der Waals surface area contributed by atoms with Gasteiger partial charge in [0.1, 0.15) is 6.54 Å². The Kier molecular flexibility index (Phi) is 7.30. The van der Waals surface area contributed by atoms with Gasteiger partial charge in [0, 0.05) is 18.5 Å². The first-order valence-corrected chi connectivity index (χ1v) is 12.4. The van der Waals surface area contributed by atoms with Gasteiger partial charge in [-0.2, -0.15) is 0 Å². The maximum atomic E-state index is 13.2. The maximum absolute atomic E-state index is 13.2. The molecule has 1 aliphatic heterocycles. The summed E-state index contributed by atoms with van der Waals surface area (Å²) in [6.07, 6.45) is 5.52. The monoisotopic (exact) mass is 504 g/mol. The van der Waals surface area contributed by atoms with Gasteiger partial charge in [-0.3, -0.25) is 9.59 Å². The topological polar surface area (TPSA) is 77.8 Å². The molecule has 2 aromatic rings. The summed E-state index contributed by atoms with van der Waals surface area (Å²) in [5.41, 5.74) is 2.76. The molecule has 0 N–H and O–H groups in total. The Bertz CT molecular complexity index is 1020. The number of fused-ring (bicyclic) bond motifs is 1. The Labute approximate surface area is 196 Å². The van der Waals surface area contributed by atoms with Crippen molar-refractivity contribution in [2.75, 3.05) is 38.7 Å². The van der Waals surface area contributed by atoms with Crippen LogP contribution in [0.25, 0.3) is 10.9 Å². The van der Waals surface area contributed by atoms with E-state index in [4.69, 9.17) is 9.47 Å². The molecule has 7 nitrogen and oxygen atoms in total. The van der Waals surface area contributed by atoms with Crippen LogP contribution >= 0.6 is 15.9 Å². The van der Waals surface area contributed by atoms with E-state index in [1.807, 2.05) is 10.6 Å². The largest absolute Gasteiger partial charge is 0.465 e. The molecule has 0 atom stereocenters. The fraction of sp³-hybridized carbons (Fsp3) is 0.542. The maximum Gasteiger partial charge on any atom is 0.337 e. The van der Waals surface area contributed by atoms with Gasteiger partial charge in [0.25, 0.3) is 0 Å². The zero-order valence-corrected chi connectivity index (χ0v) is 20.0. The number of hydrogen-bond donors (Lipinski definition) is 0. The second-order valence-corrected chi connectivity index (χ2v) is 9.02. The smallest absolute Gasteiger partial charge is 0.337 e. The van der Waals surface area contributed by atoms with Crippen molar-refractivity contribution < 1.29 is 23.9 Å². The third-order valence-corrected chi connectivity index (χ3v) is 7.09. The molecule has 1 saturated heterocycles. The molecule has 0 radical (unpaired) electrons. The zero-order chi connectivity index (χ0) is 22.7. The number of ketones is 1. The van der Waals surface area contributed by atoms with Crippen molar-refractivity contribution in [2.45, 2.75) is 44.6 Å². The lowest BCUT2D eigenvalue weighted by Gasteiger charge is -2.27. The third kappa shape index (κ3) is 4.48. The first kappa shape index (κ1) is 23.0. The molecule has 0 spiro atoms. The SMILES string of the molecule is COC(=O)c1ccc2c(C3CCCCC3)c(C(=O)CBr)n(CC(=O)N3CCOCC3)c2c1. The number of nitrogens with zero attached hydrogens (tertiary/aromatic N) is 2. The number of hydrogen-bond acceptors (Lipinski definition) is 5. The van der Waals surface area contributed by atoms with E-state index in [1.165, 1.54) is 13.5 Å². The quantitative estimate of drug-likeness (QED) is 0.338. The van der Waals surface area contributed by atoms with Gasteiger partial charge in [-0.25, -0.2) is 4.79 Å². The zero-order valence-electron chi connectivity index (χ0n) is 18.4. The molecule has 1 amide bonds. The normalized spacial score (nSPS) is 17.5. The highest BCUT2D eigenvalue weighted by molar-refractivity contribution is 9.09. The van der Waals surface area contributed by atoms with E-state index >= 15 is 0 Å². The number of alkyl halides is 1. The van der Waals surface area contributed by atoms with Crippen molar-refractivity contribution in [2.24, 2.45) is 0 Å². The highest BCUT2D eigenvalue weighted by Gasteiger charge is 2.30. The van der Waals surface area contributed by atoms with Crippen molar-refractivity contribution in [3.63, 3.8) is 0 Å². The number of benzene rings is 1. The van der Waals surface area contributed by atoms with Crippen LogP contribution in [0.5, 0.6) is 0 Å². The number of Topliss-reactive ketones (excluding diaryl/α,β-unsaturated/α-hetero) is 1. The summed E-state index contributed by atoms with van der Waals surface area (Å²) in [6, 6.07) is 5.41. The Balaban J connectivity index is 1.87. The molecule has 4 rings (SSSR count). The fourth-order valence-electron chi connectivity index (χ4n) is 5.00. The number of carbonyl (C=O) groups is 3. The molecular formula is C24H29BrN2O5. The number of rotatable bonds is 6. The highest BCUT2D eigenvalue weighted by Crippen LogP contribution is 2.41. The van der Waals surface area contributed by atoms with Crippen LogP contribution in [0.1, 0.15) is 64.4 Å². The van der Waals surface area contributed by atoms with Crippen molar-refractivity contribution in [1.82, 2.24) is 9.47 Å². The van der Waals surface area contributed by atoms with Crippen LogP contribution in [0, 0.1) is 0 Å². The van der Waals surface area contributed by atoms with Crippen LogP contribution in [0.4, 0.5) is 0 Å². The van der Waals surface area contributed by atoms with E-state index in [9.17, 15) is 14.4 Å². The summed E-state index contributed by atoms with van der Waals surface area (Å²) < 4.78 is 12.1. The highest BCUT2D eigenvalue weighted by atomic mass is 79.9. The van der Waals surface area contributed by atoms with E-state index in [0.29, 0.717) is 37.6 Å². The van der Waals surface area contributed by atoms with Crippen LogP contribution in [0.3, 0.4) is 0 Å². The predicted molar refractivity (Wildman–Crippen MR) is 125 cm³/mol. The van der Waals surface area contributed by atoms with E-state index in [1.54, 1.807) is 17.0 Å². The van der Waals surface area contributed by atoms with Gasteiger partial charge in [-0.15, -0.1) is 0 Å². The number of amides is 1. The number of aromatic nitrogens is 1. The summed E-state index contributed by atoms with van der Waals surface area (Å²) >= 11 is 3.34. The lowest BCUT2D eigenvalue weighted by molar-refractivity contribution is -0.135. The van der Waals surface area contributed by atoms with Crippen molar-refractivity contribution >= 4 is 44.5 Å². The molecule has 1 aromatic carbocycles. The summed E-state index contributed by atoms with van der Waals surface area (Å²) in [5, 5.41) is 1.13. The minimum absolute atomic E-state index is 0.0452. The van der Waals surface area contributed by atoms with Gasteiger partial charge in [0.05, 0.1) is 42.4 Å². The Morgan fingerprint density at radius 3 is 2.50 bits per heavy atom. The lowest BCUT2D eigenvalue weighted by Crippen LogP contribution is -2.42. The van der Waals surface area contributed by atoms with E-state index < -0.39 is 5.97 Å². The van der Waals surface area contributed by atoms with Crippen LogP contribution in [0.2, 0.25) is 0 Å². The van der Waals surface area contributed by atoms with Crippen molar-refractivity contribution in [3.05, 3.63) is 35.0 Å². The predicted octanol–water partition coefficient (Wildman–Crippen LogP) is 3.91. The summed E-state index contributed by atoms with van der Waals surface area (Å²) in [7, 11) is 1.35. The molecule has 0 bridgehead atoms. The van der Waals surface area contributed by atoms with Gasteiger partial charge >= 0.3 is 5.97 Å². The molecule has 2 heterocycles. The van der Waals surface area contributed by atoms with Crippen molar-refractivity contribution in [3.8, 4) is 0 Å². The minimum atomic E-state index is -0.438. The van der Waals surface area contributed by atoms with E-state index in [0.717, 1.165) is 42.1 Å². The van der Waals surface area contributed by atoms with Gasteiger partial charge in [0.2, 0.25) is 5.91 Å². The Hall–Kier alpha value is -2.19. The van der Waals surface area contributed by atoms with Gasteiger partial charge in [-0.05, 0) is 36.5 Å². The number of morpholine rings is 1. The van der Waals surface area contributed by atoms with Gasteiger partial charge in [0.15, 0.2) is 5.78 Å². The first-order chi connectivity index (χ1) is 15.5. The first-order valence-electron chi connectivity index (χ1n) is 11.2. The number of methoxy groups -OCH3 is 1. The van der Waals surface area contributed by atoms with Gasteiger partial charge < -0.3 is 18.9 Å². The molecule has 2 fully saturated rings. The molecule has 1 aromatic heterocycles. The molecule has 32 heavy (non-hydrogen) atoms. The average Bonchev–Trinajstić information content (AvgIpc) is 3.17. The van der Waals surface area contributed by atoms with Crippen molar-refractivity contribution in [1.29, 1.82) is 0 Å². The molecular weight excluding hydrogens is 476 g/mol. The molecule has 8 heteroatoms. The van der Waals surface area contributed by atoms with E-state index in [-0.39, 0.29) is 29.5 Å². The second kappa shape index (κ2) is 10.2. The third-order valence-electron chi connectivity index (χ3n) is 6.58. The molecule has 1 saturated carbocycles. The standard InChI is InChI=1S/C24H29BrN2O5/c1-31-24(30)17-7-8-18-19(13-17)27(15-21(29)26-9-11-32-12-10-26)23(20(28)14-25)22(18)16-5-3-2-4-6-16/h7-8,13,16H,2-6,9-12,14-15H2,1H3. The van der Waals surface area contributed by atoms with Gasteiger partial charge in [-0.1, -0.05) is 41.3 Å². The van der Waals surface area contributed by atoms with Crippen LogP contribution < -0.4 is 0 Å². The summed E-state index contributed by atoms with van der Waals surface area (Å²) in [6.45, 7) is 2.18. The fourth-order valence-corrected chi connectivity index (χ4v) is 5.27. The number of carbonyl (C=O) groups excluding carboxylic acids is 3. The second-order valence-electron chi connectivity index (χ2n) is 8.46. The molecule has 172 valence electrons. The summed E-state index contributed by atoms with van der Waals surface area (Å²) in [5.74, 6) is -0.261. The molecule has 1 aliphatic carbocycles. The van der Waals surface area contributed by atoms with Crippen LogP contribution in [-0.4, -0.2) is 65.9 Å². The Morgan fingerprint density at radius 2 is 1.84 bits per heavy atom. The van der Waals surface area contributed by atoms with Crippen LogP contribution in [-0.2, 0) is 20.8 Å². The van der Waals surface area contributed by atoms with E-state index in [2.05, 4.69) is 15.9 Å². The van der Waals surface area contributed by atoms with Crippen LogP contribution in [0.15, 0.2) is 18.2 Å². The summed E-state index contributed by atoms with van der Waals surface area (Å²) in [4.78, 5) is 40.4. The average molecular weight is 505 g/mol. The molecule has 2 aliphatic rings. The Morgan fingerprint density at radius 1 is 1.12 bits per heavy atom. The number of halogens is 1. The lowest BCUT2D eigenvalue weighted by atomic mass is 9.82. The molecule has 0 unspecified atom stereocenters. The minimum Gasteiger partial charge on any atom is -0.465 e. The number of esters is 1. The number of ether oxygens (including phenoxy) is 2.